The smallest absolute Gasteiger partial charge is 0.230 e. The number of amides is 1. The van der Waals surface area contributed by atoms with Gasteiger partial charge < -0.3 is 10.6 Å². The van der Waals surface area contributed by atoms with Gasteiger partial charge in [0.05, 0.1) is 0 Å². The van der Waals surface area contributed by atoms with Crippen LogP contribution in [0.5, 0.6) is 0 Å². The molecule has 0 bridgehead atoms. The molecule has 0 spiro atoms. The zero-order valence-electron chi connectivity index (χ0n) is 12.1. The first-order chi connectivity index (χ1) is 9.02. The van der Waals surface area contributed by atoms with Gasteiger partial charge in [-0.25, -0.2) is 0 Å². The molecule has 1 aliphatic rings. The highest BCUT2D eigenvalue weighted by Gasteiger charge is 2.28. The Morgan fingerprint density at radius 1 is 1.32 bits per heavy atom. The third kappa shape index (κ3) is 2.81. The summed E-state index contributed by atoms with van der Waals surface area (Å²) < 4.78 is 0. The Balaban J connectivity index is 2.36. The normalized spacial score (nSPS) is 20.9. The second-order valence-electron chi connectivity index (χ2n) is 5.83. The van der Waals surface area contributed by atoms with Crippen molar-refractivity contribution >= 4 is 11.6 Å². The molecule has 104 valence electrons. The zero-order valence-corrected chi connectivity index (χ0v) is 12.1. The van der Waals surface area contributed by atoms with E-state index in [1.165, 1.54) is 0 Å². The Morgan fingerprint density at radius 2 is 2.00 bits per heavy atom. The van der Waals surface area contributed by atoms with E-state index >= 15 is 0 Å². The number of carbonyl (C=O) groups is 1. The molecule has 19 heavy (non-hydrogen) atoms. The van der Waals surface area contributed by atoms with Crippen LogP contribution in [-0.4, -0.2) is 12.5 Å². The van der Waals surface area contributed by atoms with Gasteiger partial charge in [-0.2, -0.15) is 0 Å². The van der Waals surface area contributed by atoms with E-state index in [0.29, 0.717) is 5.92 Å². The quantitative estimate of drug-likeness (QED) is 0.888. The zero-order chi connectivity index (χ0) is 14.0. The lowest BCUT2D eigenvalue weighted by molar-refractivity contribution is -0.123. The van der Waals surface area contributed by atoms with Crippen molar-refractivity contribution in [1.29, 1.82) is 0 Å². The van der Waals surface area contributed by atoms with E-state index in [1.54, 1.807) is 0 Å². The van der Waals surface area contributed by atoms with E-state index in [4.69, 9.17) is 5.73 Å². The molecule has 0 aromatic heterocycles. The summed E-state index contributed by atoms with van der Waals surface area (Å²) in [5, 5.41) is 0. The number of nitrogens with zero attached hydrogens (tertiary/aromatic N) is 1. The summed E-state index contributed by atoms with van der Waals surface area (Å²) in [6, 6.07) is 8.09. The minimum absolute atomic E-state index is 0.0439. The molecule has 0 aliphatic carbocycles. The number of benzene rings is 1. The summed E-state index contributed by atoms with van der Waals surface area (Å²) in [5.74, 6) is 0.621. The predicted molar refractivity (Wildman–Crippen MR) is 79.0 cm³/mol. The summed E-state index contributed by atoms with van der Waals surface area (Å²) in [5.41, 5.74) is 8.31. The van der Waals surface area contributed by atoms with Crippen LogP contribution in [0.3, 0.4) is 0 Å². The molecule has 3 nitrogen and oxygen atoms in total. The molecule has 0 radical (unpaired) electrons. The second kappa shape index (κ2) is 5.74. The van der Waals surface area contributed by atoms with E-state index in [9.17, 15) is 4.79 Å². The number of nitrogens with two attached hydrogens (primary N) is 1. The summed E-state index contributed by atoms with van der Waals surface area (Å²) in [6.45, 7) is 6.98. The van der Waals surface area contributed by atoms with Gasteiger partial charge in [-0.15, -0.1) is 0 Å². The second-order valence-corrected chi connectivity index (χ2v) is 5.83. The van der Waals surface area contributed by atoms with Crippen molar-refractivity contribution in [3.63, 3.8) is 0 Å². The van der Waals surface area contributed by atoms with Crippen LogP contribution in [0.2, 0.25) is 0 Å². The van der Waals surface area contributed by atoms with Crippen molar-refractivity contribution in [1.82, 2.24) is 0 Å². The maximum Gasteiger partial charge on any atom is 0.230 e. The number of para-hydroxylation sites is 1. The highest BCUT2D eigenvalue weighted by Crippen LogP contribution is 2.32. The van der Waals surface area contributed by atoms with Gasteiger partial charge in [-0.05, 0) is 30.4 Å². The monoisotopic (exact) mass is 260 g/mol. The van der Waals surface area contributed by atoms with Crippen molar-refractivity contribution < 1.29 is 4.79 Å². The van der Waals surface area contributed by atoms with Crippen molar-refractivity contribution in [3.8, 4) is 0 Å². The fourth-order valence-electron chi connectivity index (χ4n) is 2.55. The van der Waals surface area contributed by atoms with Crippen LogP contribution in [-0.2, 0) is 4.79 Å². The van der Waals surface area contributed by atoms with Crippen LogP contribution in [0.4, 0.5) is 5.69 Å². The Kier molecular flexibility index (Phi) is 4.25. The SMILES string of the molecule is CC(C)C(C)C(=O)N1CCCC(N)c2ccccc21. The summed E-state index contributed by atoms with van der Waals surface area (Å²) in [4.78, 5) is 14.6. The molecule has 3 heteroatoms. The number of fused-ring (bicyclic) bond motifs is 1. The van der Waals surface area contributed by atoms with Gasteiger partial charge in [0.1, 0.15) is 0 Å². The molecule has 1 aromatic carbocycles. The van der Waals surface area contributed by atoms with E-state index < -0.39 is 0 Å². The number of rotatable bonds is 2. The Morgan fingerprint density at radius 3 is 2.68 bits per heavy atom. The summed E-state index contributed by atoms with van der Waals surface area (Å²) in [7, 11) is 0. The van der Waals surface area contributed by atoms with Gasteiger partial charge in [0.2, 0.25) is 5.91 Å². The molecular formula is C16H24N2O. The van der Waals surface area contributed by atoms with Gasteiger partial charge >= 0.3 is 0 Å². The van der Waals surface area contributed by atoms with Gasteiger partial charge in [-0.1, -0.05) is 39.0 Å². The molecule has 1 heterocycles. The molecule has 0 saturated heterocycles. The highest BCUT2D eigenvalue weighted by molar-refractivity contribution is 5.95. The standard InChI is InChI=1S/C16H24N2O/c1-11(2)12(3)16(19)18-10-6-8-14(17)13-7-4-5-9-15(13)18/h4-5,7,9,11-12,14H,6,8,10,17H2,1-3H3. The molecule has 2 unspecified atom stereocenters. The van der Waals surface area contributed by atoms with Gasteiger partial charge in [-0.3, -0.25) is 4.79 Å². The summed E-state index contributed by atoms with van der Waals surface area (Å²) >= 11 is 0. The first-order valence-corrected chi connectivity index (χ1v) is 7.18. The number of hydrogen-bond donors (Lipinski definition) is 1. The van der Waals surface area contributed by atoms with Crippen molar-refractivity contribution in [3.05, 3.63) is 29.8 Å². The third-order valence-electron chi connectivity index (χ3n) is 4.18. The molecule has 0 saturated carbocycles. The average molecular weight is 260 g/mol. The minimum atomic E-state index is 0.0439. The van der Waals surface area contributed by atoms with E-state index in [-0.39, 0.29) is 17.9 Å². The van der Waals surface area contributed by atoms with E-state index in [1.807, 2.05) is 36.1 Å². The molecule has 1 aromatic rings. The Hall–Kier alpha value is -1.35. The Labute approximate surface area is 115 Å². The van der Waals surface area contributed by atoms with Gasteiger partial charge in [0, 0.05) is 24.2 Å². The molecule has 2 atom stereocenters. The van der Waals surface area contributed by atoms with E-state index in [2.05, 4.69) is 13.8 Å². The fraction of sp³-hybridized carbons (Fsp3) is 0.562. The molecule has 2 N–H and O–H groups in total. The highest BCUT2D eigenvalue weighted by atomic mass is 16.2. The van der Waals surface area contributed by atoms with Crippen LogP contribution in [0, 0.1) is 11.8 Å². The molecule has 1 aliphatic heterocycles. The van der Waals surface area contributed by atoms with Crippen LogP contribution in [0.15, 0.2) is 24.3 Å². The lowest BCUT2D eigenvalue weighted by Crippen LogP contribution is -2.37. The first kappa shape index (κ1) is 14.1. The van der Waals surface area contributed by atoms with Crippen molar-refractivity contribution in [2.45, 2.75) is 39.7 Å². The van der Waals surface area contributed by atoms with Crippen LogP contribution >= 0.6 is 0 Å². The third-order valence-corrected chi connectivity index (χ3v) is 4.18. The lowest BCUT2D eigenvalue weighted by atomic mass is 9.96. The van der Waals surface area contributed by atoms with Crippen LogP contribution in [0.25, 0.3) is 0 Å². The molecular weight excluding hydrogens is 236 g/mol. The van der Waals surface area contributed by atoms with Gasteiger partial charge in [0.15, 0.2) is 0 Å². The van der Waals surface area contributed by atoms with Crippen LogP contribution < -0.4 is 10.6 Å². The van der Waals surface area contributed by atoms with E-state index in [0.717, 1.165) is 30.6 Å². The summed E-state index contributed by atoms with van der Waals surface area (Å²) in [6.07, 6.45) is 1.91. The van der Waals surface area contributed by atoms with Crippen LogP contribution in [0.1, 0.15) is 45.2 Å². The van der Waals surface area contributed by atoms with Crippen molar-refractivity contribution in [2.24, 2.45) is 17.6 Å². The topological polar surface area (TPSA) is 46.3 Å². The predicted octanol–water partition coefficient (Wildman–Crippen LogP) is 3.11. The first-order valence-electron chi connectivity index (χ1n) is 7.18. The number of anilines is 1. The Bertz CT molecular complexity index is 456. The number of hydrogen-bond acceptors (Lipinski definition) is 2. The van der Waals surface area contributed by atoms with Crippen molar-refractivity contribution in [2.75, 3.05) is 11.4 Å². The molecule has 2 rings (SSSR count). The minimum Gasteiger partial charge on any atom is -0.324 e. The number of carbonyl (C=O) groups excluding carboxylic acids is 1. The average Bonchev–Trinajstić information content (AvgIpc) is 2.57. The fourth-order valence-corrected chi connectivity index (χ4v) is 2.55. The van der Waals surface area contributed by atoms with Gasteiger partial charge in [0.25, 0.3) is 0 Å². The molecule has 0 fully saturated rings. The molecule has 1 amide bonds. The lowest BCUT2D eigenvalue weighted by Gasteiger charge is -2.27. The largest absolute Gasteiger partial charge is 0.324 e. The maximum absolute atomic E-state index is 12.6. The maximum atomic E-state index is 12.6.